The molecule has 130 valence electrons. The van der Waals surface area contributed by atoms with Gasteiger partial charge in [0.15, 0.2) is 0 Å². The Morgan fingerprint density at radius 1 is 1.24 bits per heavy atom. The second kappa shape index (κ2) is 5.77. The van der Waals surface area contributed by atoms with E-state index in [-0.39, 0.29) is 17.2 Å². The SMILES string of the molecule is Cc1c(C(=O)Nc2ccc3oc(C(=O)O)cc3c2)cnn1C(C)(C)C. The lowest BCUT2D eigenvalue weighted by atomic mass is 10.1. The van der Waals surface area contributed by atoms with E-state index >= 15 is 0 Å². The highest BCUT2D eigenvalue weighted by Gasteiger charge is 2.21. The van der Waals surface area contributed by atoms with Crippen LogP contribution in [0.1, 0.15) is 47.4 Å². The fraction of sp³-hybridized carbons (Fsp3) is 0.278. The van der Waals surface area contributed by atoms with Gasteiger partial charge in [0, 0.05) is 16.8 Å². The summed E-state index contributed by atoms with van der Waals surface area (Å²) < 4.78 is 7.01. The fourth-order valence-electron chi connectivity index (χ4n) is 2.73. The molecular weight excluding hydrogens is 322 g/mol. The zero-order valence-corrected chi connectivity index (χ0v) is 14.5. The van der Waals surface area contributed by atoms with Crippen molar-refractivity contribution in [2.45, 2.75) is 33.2 Å². The molecule has 0 atom stereocenters. The lowest BCUT2D eigenvalue weighted by molar-refractivity contribution is 0.0665. The van der Waals surface area contributed by atoms with E-state index in [1.165, 1.54) is 6.07 Å². The summed E-state index contributed by atoms with van der Waals surface area (Å²) in [4.78, 5) is 23.5. The molecule has 7 nitrogen and oxygen atoms in total. The Morgan fingerprint density at radius 3 is 2.56 bits per heavy atom. The topological polar surface area (TPSA) is 97.4 Å². The maximum atomic E-state index is 12.5. The second-order valence-electron chi connectivity index (χ2n) is 6.85. The molecule has 0 saturated carbocycles. The molecule has 0 aliphatic heterocycles. The van der Waals surface area contributed by atoms with Crippen LogP contribution in [0, 0.1) is 6.92 Å². The number of fused-ring (bicyclic) bond motifs is 1. The molecule has 0 aliphatic carbocycles. The van der Waals surface area contributed by atoms with E-state index in [0.717, 1.165) is 5.69 Å². The third-order valence-electron chi connectivity index (χ3n) is 3.87. The van der Waals surface area contributed by atoms with Gasteiger partial charge in [0.05, 0.1) is 17.3 Å². The van der Waals surface area contributed by atoms with Gasteiger partial charge in [-0.2, -0.15) is 5.10 Å². The number of anilines is 1. The predicted octanol–water partition coefficient (Wildman–Crippen LogP) is 3.64. The molecule has 3 aromatic rings. The molecule has 0 radical (unpaired) electrons. The van der Waals surface area contributed by atoms with Gasteiger partial charge in [0.25, 0.3) is 5.91 Å². The number of nitrogens with zero attached hydrogens (tertiary/aromatic N) is 2. The number of aromatic nitrogens is 2. The predicted molar refractivity (Wildman–Crippen MR) is 93.1 cm³/mol. The number of carboxylic acid groups (broad SMARTS) is 1. The van der Waals surface area contributed by atoms with Crippen molar-refractivity contribution in [2.75, 3.05) is 5.32 Å². The van der Waals surface area contributed by atoms with Crippen LogP contribution in [0.15, 0.2) is 34.9 Å². The van der Waals surface area contributed by atoms with Crippen LogP contribution in [0.4, 0.5) is 5.69 Å². The fourth-order valence-corrected chi connectivity index (χ4v) is 2.73. The minimum Gasteiger partial charge on any atom is -0.475 e. The van der Waals surface area contributed by atoms with Gasteiger partial charge in [0.2, 0.25) is 5.76 Å². The van der Waals surface area contributed by atoms with E-state index in [2.05, 4.69) is 10.4 Å². The second-order valence-corrected chi connectivity index (χ2v) is 6.85. The third kappa shape index (κ3) is 3.13. The first-order chi connectivity index (χ1) is 11.7. The molecule has 0 fully saturated rings. The van der Waals surface area contributed by atoms with E-state index in [1.807, 2.05) is 27.7 Å². The Labute approximate surface area is 144 Å². The van der Waals surface area contributed by atoms with E-state index in [1.54, 1.807) is 29.1 Å². The van der Waals surface area contributed by atoms with Crippen molar-refractivity contribution in [3.05, 3.63) is 47.5 Å². The van der Waals surface area contributed by atoms with Crippen molar-refractivity contribution >= 4 is 28.5 Å². The summed E-state index contributed by atoms with van der Waals surface area (Å²) in [6.45, 7) is 7.90. The number of hydrogen-bond acceptors (Lipinski definition) is 4. The average molecular weight is 341 g/mol. The van der Waals surface area contributed by atoms with E-state index in [9.17, 15) is 9.59 Å². The van der Waals surface area contributed by atoms with Crippen molar-refractivity contribution in [1.29, 1.82) is 0 Å². The molecule has 2 heterocycles. The van der Waals surface area contributed by atoms with Gasteiger partial charge in [-0.05, 0) is 52.0 Å². The maximum Gasteiger partial charge on any atom is 0.371 e. The number of aromatic carboxylic acids is 1. The van der Waals surface area contributed by atoms with Gasteiger partial charge in [0.1, 0.15) is 5.58 Å². The number of hydrogen-bond donors (Lipinski definition) is 2. The van der Waals surface area contributed by atoms with Gasteiger partial charge in [-0.15, -0.1) is 0 Å². The first-order valence-electron chi connectivity index (χ1n) is 7.80. The molecule has 3 rings (SSSR count). The standard InChI is InChI=1S/C18H19N3O4/c1-10-13(9-19-21(10)18(2,3)4)16(22)20-12-5-6-14-11(7-12)8-15(25-14)17(23)24/h5-9H,1-4H3,(H,20,22)(H,23,24). The first-order valence-corrected chi connectivity index (χ1v) is 7.80. The molecular formula is C18H19N3O4. The number of nitrogens with one attached hydrogen (secondary N) is 1. The average Bonchev–Trinajstić information content (AvgIpc) is 3.09. The number of carbonyl (C=O) groups is 2. The maximum absolute atomic E-state index is 12.5. The molecule has 2 aromatic heterocycles. The van der Waals surface area contributed by atoms with Crippen LogP contribution in [0.5, 0.6) is 0 Å². The molecule has 0 spiro atoms. The summed E-state index contributed by atoms with van der Waals surface area (Å²) in [6.07, 6.45) is 1.55. The molecule has 0 saturated heterocycles. The number of rotatable bonds is 3. The first kappa shape index (κ1) is 16.8. The molecule has 0 unspecified atom stereocenters. The van der Waals surface area contributed by atoms with Crippen LogP contribution >= 0.6 is 0 Å². The minimum absolute atomic E-state index is 0.138. The van der Waals surface area contributed by atoms with E-state index in [4.69, 9.17) is 9.52 Å². The van der Waals surface area contributed by atoms with Crippen molar-refractivity contribution in [3.8, 4) is 0 Å². The molecule has 0 aliphatic rings. The highest BCUT2D eigenvalue weighted by Crippen LogP contribution is 2.24. The summed E-state index contributed by atoms with van der Waals surface area (Å²) >= 11 is 0. The zero-order valence-electron chi connectivity index (χ0n) is 14.5. The largest absolute Gasteiger partial charge is 0.475 e. The monoisotopic (exact) mass is 341 g/mol. The van der Waals surface area contributed by atoms with Gasteiger partial charge in [-0.1, -0.05) is 0 Å². The quantitative estimate of drug-likeness (QED) is 0.758. The lowest BCUT2D eigenvalue weighted by Crippen LogP contribution is -2.25. The van der Waals surface area contributed by atoms with Crippen molar-refractivity contribution in [2.24, 2.45) is 0 Å². The Kier molecular flexibility index (Phi) is 3.87. The number of amides is 1. The normalized spacial score (nSPS) is 11.7. The van der Waals surface area contributed by atoms with Crippen LogP contribution < -0.4 is 5.32 Å². The molecule has 1 amide bonds. The highest BCUT2D eigenvalue weighted by atomic mass is 16.4. The zero-order chi connectivity index (χ0) is 18.4. The molecule has 7 heteroatoms. The summed E-state index contributed by atoms with van der Waals surface area (Å²) in [5.41, 5.74) is 2.06. The van der Waals surface area contributed by atoms with Gasteiger partial charge in [-0.3, -0.25) is 9.48 Å². The van der Waals surface area contributed by atoms with Crippen LogP contribution in [0.25, 0.3) is 11.0 Å². The van der Waals surface area contributed by atoms with Crippen LogP contribution in [0.3, 0.4) is 0 Å². The van der Waals surface area contributed by atoms with Crippen LogP contribution in [0.2, 0.25) is 0 Å². The lowest BCUT2D eigenvalue weighted by Gasteiger charge is -2.21. The molecule has 0 bridgehead atoms. The Morgan fingerprint density at radius 2 is 1.96 bits per heavy atom. The van der Waals surface area contributed by atoms with Crippen molar-refractivity contribution in [3.63, 3.8) is 0 Å². The van der Waals surface area contributed by atoms with Gasteiger partial charge in [-0.25, -0.2) is 4.79 Å². The van der Waals surface area contributed by atoms with E-state index in [0.29, 0.717) is 22.2 Å². The minimum atomic E-state index is -1.13. The third-order valence-corrected chi connectivity index (χ3v) is 3.87. The Bertz CT molecular complexity index is 976. The smallest absolute Gasteiger partial charge is 0.371 e. The molecule has 25 heavy (non-hydrogen) atoms. The summed E-state index contributed by atoms with van der Waals surface area (Å²) in [6, 6.07) is 6.39. The number of carbonyl (C=O) groups excluding carboxylic acids is 1. The number of furan rings is 1. The highest BCUT2D eigenvalue weighted by molar-refractivity contribution is 6.05. The van der Waals surface area contributed by atoms with Crippen molar-refractivity contribution in [1.82, 2.24) is 9.78 Å². The summed E-state index contributed by atoms with van der Waals surface area (Å²) in [5.74, 6) is -1.54. The van der Waals surface area contributed by atoms with Gasteiger partial charge < -0.3 is 14.8 Å². The Hall–Kier alpha value is -3.09. The van der Waals surface area contributed by atoms with Crippen LogP contribution in [-0.4, -0.2) is 26.8 Å². The molecule has 1 aromatic carbocycles. The van der Waals surface area contributed by atoms with Gasteiger partial charge >= 0.3 is 5.97 Å². The van der Waals surface area contributed by atoms with E-state index < -0.39 is 5.97 Å². The molecule has 2 N–H and O–H groups in total. The summed E-state index contributed by atoms with van der Waals surface area (Å²) in [7, 11) is 0. The van der Waals surface area contributed by atoms with Crippen LogP contribution in [-0.2, 0) is 5.54 Å². The van der Waals surface area contributed by atoms with Crippen molar-refractivity contribution < 1.29 is 19.1 Å². The Balaban J connectivity index is 1.87. The number of benzene rings is 1. The summed E-state index contributed by atoms with van der Waals surface area (Å²) in [5, 5.41) is 16.7. The number of carboxylic acids is 1.